The van der Waals surface area contributed by atoms with Gasteiger partial charge in [-0.3, -0.25) is 4.79 Å². The standard InChI is InChI=1S/C25H36N2O4S/c1-4-14-27(15-5-2)24(28)23-11-10-22-21-8-6-17-16-18(31-32(26,29)30)7-9-19(17)20(21)12-13-25(22,23)3/h7,9,11,16,20-22H,4-6,8,10,12-15H2,1-3H3,(H2,26,29,30)/t20?,21?,22?,25-/m0/s1. The summed E-state index contributed by atoms with van der Waals surface area (Å²) in [4.78, 5) is 15.5. The van der Waals surface area contributed by atoms with Crippen LogP contribution in [0.15, 0.2) is 29.8 Å². The number of hydrogen-bond donors (Lipinski definition) is 1. The van der Waals surface area contributed by atoms with Gasteiger partial charge in [0.1, 0.15) is 5.75 Å². The van der Waals surface area contributed by atoms with Gasteiger partial charge in [0.25, 0.3) is 0 Å². The molecule has 0 aromatic heterocycles. The maximum Gasteiger partial charge on any atom is 0.380 e. The lowest BCUT2D eigenvalue weighted by molar-refractivity contribution is -0.129. The van der Waals surface area contributed by atoms with Gasteiger partial charge in [0, 0.05) is 24.1 Å². The van der Waals surface area contributed by atoms with E-state index in [1.807, 2.05) is 12.1 Å². The van der Waals surface area contributed by atoms with E-state index in [1.54, 1.807) is 6.07 Å². The lowest BCUT2D eigenvalue weighted by Crippen LogP contribution is -2.45. The molecule has 32 heavy (non-hydrogen) atoms. The zero-order valence-corrected chi connectivity index (χ0v) is 20.3. The summed E-state index contributed by atoms with van der Waals surface area (Å²) in [6, 6.07) is 5.57. The Kier molecular flexibility index (Phi) is 6.43. The molecule has 0 saturated heterocycles. The maximum atomic E-state index is 13.5. The Hall–Kier alpha value is -1.86. The van der Waals surface area contributed by atoms with Gasteiger partial charge in [-0.1, -0.05) is 32.9 Å². The van der Waals surface area contributed by atoms with E-state index in [0.717, 1.165) is 69.2 Å². The first-order valence-corrected chi connectivity index (χ1v) is 13.5. The molecule has 0 aliphatic heterocycles. The summed E-state index contributed by atoms with van der Waals surface area (Å²) in [6.45, 7) is 8.24. The number of benzene rings is 1. The Bertz CT molecular complexity index is 1010. The summed E-state index contributed by atoms with van der Waals surface area (Å²) < 4.78 is 27.5. The van der Waals surface area contributed by atoms with Gasteiger partial charge >= 0.3 is 10.3 Å². The zero-order chi connectivity index (χ0) is 23.1. The van der Waals surface area contributed by atoms with Gasteiger partial charge in [-0.15, -0.1) is 0 Å². The van der Waals surface area contributed by atoms with Crippen LogP contribution in [0.25, 0.3) is 0 Å². The number of rotatable bonds is 7. The maximum absolute atomic E-state index is 13.5. The van der Waals surface area contributed by atoms with Crippen LogP contribution in [-0.4, -0.2) is 32.3 Å². The highest BCUT2D eigenvalue weighted by molar-refractivity contribution is 7.84. The fourth-order valence-electron chi connectivity index (χ4n) is 6.67. The van der Waals surface area contributed by atoms with Crippen molar-refractivity contribution in [3.8, 4) is 5.75 Å². The minimum absolute atomic E-state index is 0.0494. The molecule has 3 unspecified atom stereocenters. The van der Waals surface area contributed by atoms with Crippen LogP contribution < -0.4 is 9.32 Å². The summed E-state index contributed by atoms with van der Waals surface area (Å²) in [5, 5.41) is 5.03. The van der Waals surface area contributed by atoms with Crippen molar-refractivity contribution < 1.29 is 17.4 Å². The molecule has 1 fully saturated rings. The second-order valence-corrected chi connectivity index (χ2v) is 11.1. The normalized spacial score (nSPS) is 28.9. The molecule has 6 nitrogen and oxygen atoms in total. The number of allylic oxidation sites excluding steroid dienone is 1. The van der Waals surface area contributed by atoms with Crippen LogP contribution in [0.2, 0.25) is 0 Å². The van der Waals surface area contributed by atoms with Crippen LogP contribution in [-0.2, 0) is 21.5 Å². The minimum Gasteiger partial charge on any atom is -0.371 e. The highest BCUT2D eigenvalue weighted by atomic mass is 32.2. The zero-order valence-electron chi connectivity index (χ0n) is 19.5. The van der Waals surface area contributed by atoms with E-state index in [1.165, 1.54) is 5.56 Å². The van der Waals surface area contributed by atoms with Gasteiger partial charge in [-0.25, -0.2) is 0 Å². The van der Waals surface area contributed by atoms with Crippen LogP contribution in [0.4, 0.5) is 0 Å². The van der Waals surface area contributed by atoms with Gasteiger partial charge in [0.2, 0.25) is 5.91 Å². The molecule has 3 aliphatic rings. The Morgan fingerprint density at radius 1 is 1.22 bits per heavy atom. The van der Waals surface area contributed by atoms with E-state index in [-0.39, 0.29) is 17.1 Å². The average Bonchev–Trinajstić information content (AvgIpc) is 3.08. The van der Waals surface area contributed by atoms with E-state index in [2.05, 4.69) is 31.7 Å². The summed E-state index contributed by atoms with van der Waals surface area (Å²) in [7, 11) is -4.02. The number of carbonyl (C=O) groups excluding carboxylic acids is 1. The molecule has 1 aromatic rings. The first kappa shape index (κ1) is 23.3. The van der Waals surface area contributed by atoms with Crippen LogP contribution in [0, 0.1) is 17.3 Å². The topological polar surface area (TPSA) is 89.7 Å². The van der Waals surface area contributed by atoms with Gasteiger partial charge in [-0.05, 0) is 86.0 Å². The van der Waals surface area contributed by atoms with E-state index in [0.29, 0.717) is 17.8 Å². The van der Waals surface area contributed by atoms with Crippen molar-refractivity contribution in [2.24, 2.45) is 22.4 Å². The van der Waals surface area contributed by atoms with Crippen molar-refractivity contribution in [3.63, 3.8) is 0 Å². The summed E-state index contributed by atoms with van der Waals surface area (Å²) in [5.74, 6) is 2.01. The molecule has 1 amide bonds. The molecular weight excluding hydrogens is 424 g/mol. The van der Waals surface area contributed by atoms with Crippen molar-refractivity contribution in [2.45, 2.75) is 71.6 Å². The Labute approximate surface area is 192 Å². The Morgan fingerprint density at radius 2 is 1.94 bits per heavy atom. The van der Waals surface area contributed by atoms with Crippen LogP contribution in [0.1, 0.15) is 76.3 Å². The van der Waals surface area contributed by atoms with Gasteiger partial charge < -0.3 is 9.08 Å². The lowest BCUT2D eigenvalue weighted by atomic mass is 9.54. The second-order valence-electron chi connectivity index (χ2n) is 9.95. The molecule has 0 bridgehead atoms. The number of fused-ring (bicyclic) bond motifs is 5. The molecule has 176 valence electrons. The fraction of sp³-hybridized carbons (Fsp3) is 0.640. The summed E-state index contributed by atoms with van der Waals surface area (Å²) in [6.07, 6.45) is 9.20. The van der Waals surface area contributed by atoms with Crippen LogP contribution >= 0.6 is 0 Å². The number of nitrogens with two attached hydrogens (primary N) is 1. The smallest absolute Gasteiger partial charge is 0.371 e. The second kappa shape index (κ2) is 8.82. The predicted octanol–water partition coefficient (Wildman–Crippen LogP) is 4.31. The molecule has 2 N–H and O–H groups in total. The number of aryl methyl sites for hydroxylation is 1. The fourth-order valence-corrected chi connectivity index (χ4v) is 7.04. The van der Waals surface area contributed by atoms with E-state index in [4.69, 9.17) is 9.32 Å². The van der Waals surface area contributed by atoms with E-state index in [9.17, 15) is 13.2 Å². The predicted molar refractivity (Wildman–Crippen MR) is 125 cm³/mol. The van der Waals surface area contributed by atoms with Crippen molar-refractivity contribution in [1.29, 1.82) is 0 Å². The molecule has 0 heterocycles. The quantitative estimate of drug-likeness (QED) is 0.656. The monoisotopic (exact) mass is 460 g/mol. The van der Waals surface area contributed by atoms with E-state index < -0.39 is 10.3 Å². The number of carbonyl (C=O) groups is 1. The number of hydrogen-bond acceptors (Lipinski definition) is 4. The molecule has 1 saturated carbocycles. The first-order chi connectivity index (χ1) is 15.2. The molecule has 0 radical (unpaired) electrons. The molecule has 4 rings (SSSR count). The molecule has 7 heteroatoms. The largest absolute Gasteiger partial charge is 0.380 e. The first-order valence-electron chi connectivity index (χ1n) is 12.0. The third kappa shape index (κ3) is 4.21. The average molecular weight is 461 g/mol. The van der Waals surface area contributed by atoms with Crippen LogP contribution in [0.5, 0.6) is 5.75 Å². The Balaban J connectivity index is 1.55. The molecule has 0 spiro atoms. The van der Waals surface area contributed by atoms with E-state index >= 15 is 0 Å². The van der Waals surface area contributed by atoms with Crippen molar-refractivity contribution in [1.82, 2.24) is 4.90 Å². The summed E-state index contributed by atoms with van der Waals surface area (Å²) in [5.41, 5.74) is 3.47. The number of amides is 1. The lowest BCUT2D eigenvalue weighted by Gasteiger charge is -2.50. The van der Waals surface area contributed by atoms with Crippen molar-refractivity contribution in [3.05, 3.63) is 41.0 Å². The molecule has 3 aliphatic carbocycles. The van der Waals surface area contributed by atoms with Gasteiger partial charge in [0.15, 0.2) is 0 Å². The Morgan fingerprint density at radius 3 is 2.59 bits per heavy atom. The molecular formula is C25H36N2O4S. The molecule has 1 aromatic carbocycles. The highest BCUT2D eigenvalue weighted by Gasteiger charge is 2.53. The highest BCUT2D eigenvalue weighted by Crippen LogP contribution is 2.61. The third-order valence-electron chi connectivity index (χ3n) is 8.00. The third-order valence-corrected chi connectivity index (χ3v) is 8.42. The van der Waals surface area contributed by atoms with Crippen LogP contribution in [0.3, 0.4) is 0 Å². The van der Waals surface area contributed by atoms with Crippen molar-refractivity contribution >= 4 is 16.2 Å². The van der Waals surface area contributed by atoms with Gasteiger partial charge in [0.05, 0.1) is 0 Å². The SMILES string of the molecule is CCCN(CCC)C(=O)C1=CCC2C3CCc4cc(OS(N)(=O)=O)ccc4C3CC[C@]12C. The summed E-state index contributed by atoms with van der Waals surface area (Å²) >= 11 is 0. The number of nitrogens with zero attached hydrogens (tertiary/aromatic N) is 1. The molecule has 4 atom stereocenters. The van der Waals surface area contributed by atoms with Gasteiger partial charge in [-0.2, -0.15) is 13.6 Å². The minimum atomic E-state index is -4.02. The van der Waals surface area contributed by atoms with Crippen molar-refractivity contribution in [2.75, 3.05) is 13.1 Å².